The summed E-state index contributed by atoms with van der Waals surface area (Å²) in [5, 5.41) is 4.26. The third kappa shape index (κ3) is 12.5. The lowest BCUT2D eigenvalue weighted by molar-refractivity contribution is 0.108. The summed E-state index contributed by atoms with van der Waals surface area (Å²) in [5.74, 6) is 0. The average Bonchev–Trinajstić information content (AvgIpc) is 2.88. The molecule has 1 fully saturated rings. The van der Waals surface area contributed by atoms with Gasteiger partial charge in [0.25, 0.3) is 0 Å². The number of benzene rings is 2. The first-order chi connectivity index (χ1) is 17.0. The summed E-state index contributed by atoms with van der Waals surface area (Å²) < 4.78 is 0. The van der Waals surface area contributed by atoms with Crippen LogP contribution in [0.2, 0.25) is 10.0 Å². The Morgan fingerprint density at radius 1 is 0.857 bits per heavy atom. The van der Waals surface area contributed by atoms with Crippen LogP contribution >= 0.6 is 23.2 Å². The van der Waals surface area contributed by atoms with Gasteiger partial charge in [-0.3, -0.25) is 4.90 Å². The van der Waals surface area contributed by atoms with Crippen molar-refractivity contribution >= 4 is 23.2 Å². The maximum absolute atomic E-state index is 6.13. The number of unbranched alkanes of at least 4 members (excludes halogenated alkanes) is 4. The molecule has 3 rings (SSSR count). The van der Waals surface area contributed by atoms with Crippen LogP contribution in [0.4, 0.5) is 0 Å². The Morgan fingerprint density at radius 2 is 1.29 bits per heavy atom. The normalized spacial score (nSPS) is 13.7. The molecule has 0 spiro atoms. The molecule has 1 saturated heterocycles. The van der Waals surface area contributed by atoms with Crippen LogP contribution in [0.25, 0.3) is 0 Å². The highest BCUT2D eigenvalue weighted by Gasteiger charge is 2.26. The van der Waals surface area contributed by atoms with Crippen LogP contribution in [-0.4, -0.2) is 49.6 Å². The standard InChI is InChI=1S/C24H32Cl2N2.C3H7N.C2H5N/c1-2-3-4-5-6-15-27-16-18-28(19-17-27)24(20-7-11-22(25)12-8-20)21-9-13-23(26)14-10-21;1-3-4-2;1-2-3/h7-14,24H,2-6,15-19H2,1H3;3-4H,1H2,2H3;2H,1,3H2. The minimum Gasteiger partial charge on any atom is -0.405 e. The molecule has 4 nitrogen and oxygen atoms in total. The first-order valence-corrected chi connectivity index (χ1v) is 13.3. The Morgan fingerprint density at radius 3 is 1.69 bits per heavy atom. The molecule has 0 amide bonds. The molecule has 35 heavy (non-hydrogen) atoms. The summed E-state index contributed by atoms with van der Waals surface area (Å²) in [6.45, 7) is 14.5. The Bertz CT molecular complexity index is 755. The van der Waals surface area contributed by atoms with Gasteiger partial charge in [0, 0.05) is 43.3 Å². The Balaban J connectivity index is 0.000000778. The second kappa shape index (κ2) is 19.2. The monoisotopic (exact) mass is 518 g/mol. The third-order valence-electron chi connectivity index (χ3n) is 5.93. The lowest BCUT2D eigenvalue weighted by Crippen LogP contribution is -2.48. The predicted octanol–water partition coefficient (Wildman–Crippen LogP) is 7.11. The van der Waals surface area contributed by atoms with Gasteiger partial charge in [-0.25, -0.2) is 0 Å². The van der Waals surface area contributed by atoms with Crippen molar-refractivity contribution in [2.24, 2.45) is 5.73 Å². The molecule has 0 aliphatic carbocycles. The van der Waals surface area contributed by atoms with Crippen molar-refractivity contribution in [3.8, 4) is 0 Å². The van der Waals surface area contributed by atoms with Crippen molar-refractivity contribution in [2.75, 3.05) is 39.8 Å². The van der Waals surface area contributed by atoms with Crippen LogP contribution < -0.4 is 11.1 Å². The van der Waals surface area contributed by atoms with E-state index in [1.807, 2.05) is 31.3 Å². The van der Waals surface area contributed by atoms with Gasteiger partial charge < -0.3 is 16.0 Å². The molecule has 0 bridgehead atoms. The fourth-order valence-corrected chi connectivity index (χ4v) is 4.34. The van der Waals surface area contributed by atoms with E-state index in [1.54, 1.807) is 6.20 Å². The van der Waals surface area contributed by atoms with E-state index in [0.29, 0.717) is 0 Å². The lowest BCUT2D eigenvalue weighted by Gasteiger charge is -2.40. The number of rotatable bonds is 10. The molecule has 1 heterocycles. The van der Waals surface area contributed by atoms with Gasteiger partial charge in [-0.15, -0.1) is 0 Å². The summed E-state index contributed by atoms with van der Waals surface area (Å²) in [6, 6.07) is 16.8. The van der Waals surface area contributed by atoms with Crippen LogP contribution in [0, 0.1) is 0 Å². The van der Waals surface area contributed by atoms with E-state index in [4.69, 9.17) is 23.2 Å². The van der Waals surface area contributed by atoms with Crippen molar-refractivity contribution in [1.82, 2.24) is 15.1 Å². The summed E-state index contributed by atoms with van der Waals surface area (Å²) >= 11 is 12.3. The van der Waals surface area contributed by atoms with Crippen LogP contribution in [0.3, 0.4) is 0 Å². The van der Waals surface area contributed by atoms with E-state index >= 15 is 0 Å². The van der Waals surface area contributed by atoms with Gasteiger partial charge in [0.15, 0.2) is 0 Å². The van der Waals surface area contributed by atoms with Gasteiger partial charge in [-0.05, 0) is 60.8 Å². The minimum absolute atomic E-state index is 0.251. The van der Waals surface area contributed by atoms with Crippen LogP contribution in [0.1, 0.15) is 56.2 Å². The van der Waals surface area contributed by atoms with Crippen molar-refractivity contribution in [1.29, 1.82) is 0 Å². The summed E-state index contributed by atoms with van der Waals surface area (Å²) in [5.41, 5.74) is 7.19. The third-order valence-corrected chi connectivity index (χ3v) is 6.43. The Labute approximate surface area is 223 Å². The van der Waals surface area contributed by atoms with Gasteiger partial charge in [-0.1, -0.05) is 93.2 Å². The summed E-state index contributed by atoms with van der Waals surface area (Å²) in [4.78, 5) is 5.23. The second-order valence-electron chi connectivity index (χ2n) is 8.53. The Hall–Kier alpha value is -1.98. The maximum Gasteiger partial charge on any atom is 0.0602 e. The van der Waals surface area contributed by atoms with Crippen LogP contribution in [0.15, 0.2) is 74.1 Å². The number of halogens is 2. The van der Waals surface area contributed by atoms with Crippen molar-refractivity contribution in [3.63, 3.8) is 0 Å². The average molecular weight is 520 g/mol. The van der Waals surface area contributed by atoms with E-state index in [0.717, 1.165) is 36.2 Å². The number of hydrogen-bond acceptors (Lipinski definition) is 4. The fourth-order valence-electron chi connectivity index (χ4n) is 4.09. The minimum atomic E-state index is 0.251. The topological polar surface area (TPSA) is 44.5 Å². The van der Waals surface area contributed by atoms with Crippen LogP contribution in [0.5, 0.6) is 0 Å². The van der Waals surface area contributed by atoms with E-state index in [2.05, 4.69) is 65.2 Å². The number of nitrogens with two attached hydrogens (primary N) is 1. The highest BCUT2D eigenvalue weighted by molar-refractivity contribution is 6.30. The number of hydrogen-bond donors (Lipinski definition) is 2. The van der Waals surface area contributed by atoms with Crippen LogP contribution in [-0.2, 0) is 0 Å². The molecule has 194 valence electrons. The fraction of sp³-hybridized carbons (Fsp3) is 0.448. The zero-order valence-electron chi connectivity index (χ0n) is 21.6. The highest BCUT2D eigenvalue weighted by atomic mass is 35.5. The zero-order valence-corrected chi connectivity index (χ0v) is 23.1. The molecule has 2 aromatic carbocycles. The first-order valence-electron chi connectivity index (χ1n) is 12.6. The zero-order chi connectivity index (χ0) is 25.9. The van der Waals surface area contributed by atoms with Gasteiger partial charge in [-0.2, -0.15) is 0 Å². The van der Waals surface area contributed by atoms with Gasteiger partial charge in [0.1, 0.15) is 0 Å². The van der Waals surface area contributed by atoms with Gasteiger partial charge in [0.05, 0.1) is 6.04 Å². The maximum atomic E-state index is 6.13. The number of piperazine rings is 1. The molecule has 1 aliphatic heterocycles. The van der Waals surface area contributed by atoms with Gasteiger partial charge in [0.2, 0.25) is 0 Å². The summed E-state index contributed by atoms with van der Waals surface area (Å²) in [6.07, 6.45) is 9.64. The van der Waals surface area contributed by atoms with E-state index in [1.165, 1.54) is 56.0 Å². The number of nitrogens with zero attached hydrogens (tertiary/aromatic N) is 2. The van der Waals surface area contributed by atoms with Gasteiger partial charge >= 0.3 is 0 Å². The quantitative estimate of drug-likeness (QED) is 0.329. The first kappa shape index (κ1) is 31.1. The molecule has 0 radical (unpaired) electrons. The van der Waals surface area contributed by atoms with Crippen molar-refractivity contribution < 1.29 is 0 Å². The Kier molecular flexibility index (Phi) is 17.1. The lowest BCUT2D eigenvalue weighted by atomic mass is 9.96. The predicted molar refractivity (Wildman–Crippen MR) is 155 cm³/mol. The number of nitrogens with one attached hydrogen (secondary N) is 1. The molecule has 0 saturated carbocycles. The molecular formula is C29H44Cl2N4. The van der Waals surface area contributed by atoms with E-state index in [-0.39, 0.29) is 6.04 Å². The molecule has 0 unspecified atom stereocenters. The van der Waals surface area contributed by atoms with E-state index < -0.39 is 0 Å². The molecule has 0 aromatic heterocycles. The highest BCUT2D eigenvalue weighted by Crippen LogP contribution is 2.31. The molecule has 6 heteroatoms. The molecule has 0 atom stereocenters. The molecule has 2 aromatic rings. The summed E-state index contributed by atoms with van der Waals surface area (Å²) in [7, 11) is 1.81. The molecular weight excluding hydrogens is 475 g/mol. The SMILES string of the molecule is C=CN.C=CNC.CCCCCCCN1CCN(C(c2ccc(Cl)cc2)c2ccc(Cl)cc2)CC1. The van der Waals surface area contributed by atoms with Crippen molar-refractivity contribution in [3.05, 3.63) is 95.3 Å². The smallest absolute Gasteiger partial charge is 0.0602 e. The molecule has 3 N–H and O–H groups in total. The molecule has 1 aliphatic rings. The van der Waals surface area contributed by atoms with Crippen molar-refractivity contribution in [2.45, 2.75) is 45.1 Å². The largest absolute Gasteiger partial charge is 0.405 e. The second-order valence-corrected chi connectivity index (χ2v) is 9.40. The van der Waals surface area contributed by atoms with E-state index in [9.17, 15) is 0 Å².